The average Bonchev–Trinajstić information content (AvgIpc) is 3.31. The first-order valence-corrected chi connectivity index (χ1v) is 12.4. The van der Waals surface area contributed by atoms with Gasteiger partial charge in [-0.15, -0.1) is 11.3 Å². The highest BCUT2D eigenvalue weighted by atomic mass is 32.1. The average molecular weight is 481 g/mol. The molecule has 0 saturated carbocycles. The number of benzene rings is 2. The summed E-state index contributed by atoms with van der Waals surface area (Å²) in [5.41, 5.74) is 3.29. The highest BCUT2D eigenvalue weighted by Gasteiger charge is 2.33. The molecule has 0 radical (unpaired) electrons. The van der Waals surface area contributed by atoms with Crippen molar-refractivity contribution in [2.75, 3.05) is 26.2 Å². The third kappa shape index (κ3) is 4.99. The van der Waals surface area contributed by atoms with Crippen molar-refractivity contribution in [3.05, 3.63) is 86.9 Å². The predicted molar refractivity (Wildman–Crippen MR) is 132 cm³/mol. The van der Waals surface area contributed by atoms with Crippen LogP contribution in [0.2, 0.25) is 0 Å². The maximum atomic E-state index is 14.2. The van der Waals surface area contributed by atoms with Gasteiger partial charge in [0.1, 0.15) is 24.7 Å². The van der Waals surface area contributed by atoms with Gasteiger partial charge in [0.25, 0.3) is 5.91 Å². The van der Waals surface area contributed by atoms with Gasteiger partial charge in [0.2, 0.25) is 5.91 Å². The molecular formula is C27H29FN2O3S. The zero-order chi connectivity index (χ0) is 24.2. The summed E-state index contributed by atoms with van der Waals surface area (Å²) in [5, 5.41) is 2.04. The normalized spacial score (nSPS) is 15.1. The van der Waals surface area contributed by atoms with Gasteiger partial charge in [0, 0.05) is 18.0 Å². The largest absolute Gasteiger partial charge is 0.491 e. The Labute approximate surface area is 203 Å². The fraction of sp³-hybridized carbons (Fsp3) is 0.333. The van der Waals surface area contributed by atoms with Gasteiger partial charge in [-0.2, -0.15) is 0 Å². The number of amides is 2. The smallest absolute Gasteiger partial charge is 0.257 e. The Kier molecular flexibility index (Phi) is 7.32. The lowest BCUT2D eigenvalue weighted by molar-refractivity contribution is -0.135. The molecule has 1 aliphatic rings. The molecule has 5 nitrogen and oxygen atoms in total. The van der Waals surface area contributed by atoms with E-state index in [4.69, 9.17) is 4.74 Å². The van der Waals surface area contributed by atoms with Gasteiger partial charge in [-0.1, -0.05) is 29.8 Å². The van der Waals surface area contributed by atoms with E-state index < -0.39 is 11.7 Å². The van der Waals surface area contributed by atoms with Gasteiger partial charge in [-0.3, -0.25) is 9.59 Å². The van der Waals surface area contributed by atoms with Crippen molar-refractivity contribution in [1.29, 1.82) is 0 Å². The van der Waals surface area contributed by atoms with Crippen molar-refractivity contribution >= 4 is 23.2 Å². The number of carbonyl (C=O) groups excluding carboxylic acids is 2. The quantitative estimate of drug-likeness (QED) is 0.469. The van der Waals surface area contributed by atoms with Crippen molar-refractivity contribution in [3.63, 3.8) is 0 Å². The Hall–Kier alpha value is -3.19. The molecule has 7 heteroatoms. The van der Waals surface area contributed by atoms with Crippen LogP contribution in [0.5, 0.6) is 5.75 Å². The Bertz CT molecular complexity index is 1190. The number of ether oxygens (including phenoxy) is 1. The van der Waals surface area contributed by atoms with Crippen LogP contribution in [0.3, 0.4) is 0 Å². The van der Waals surface area contributed by atoms with Crippen molar-refractivity contribution in [3.8, 4) is 5.75 Å². The first-order valence-electron chi connectivity index (χ1n) is 11.5. The van der Waals surface area contributed by atoms with E-state index in [9.17, 15) is 14.0 Å². The summed E-state index contributed by atoms with van der Waals surface area (Å²) in [4.78, 5) is 30.8. The maximum absolute atomic E-state index is 14.2. The number of rotatable bonds is 7. The summed E-state index contributed by atoms with van der Waals surface area (Å²) in [6.07, 6.45) is 0.770. The minimum Gasteiger partial charge on any atom is -0.491 e. The molecule has 2 amide bonds. The summed E-state index contributed by atoms with van der Waals surface area (Å²) in [6, 6.07) is 13.7. The summed E-state index contributed by atoms with van der Waals surface area (Å²) >= 11 is 1.69. The fourth-order valence-corrected chi connectivity index (χ4v) is 5.32. The standard InChI is InChI=1S/C27H29FN2O3S/c1-4-29(27(32)20-7-5-6-8-22(20)28)16-26(31)30-13-11-25-21(12-14-34-25)23(30)17-33-24-10-9-18(2)15-19(24)3/h5-10,12,14-15,23H,4,11,13,16-17H2,1-3H3/t23-/m0/s1. The monoisotopic (exact) mass is 480 g/mol. The van der Waals surface area contributed by atoms with Gasteiger partial charge in [-0.25, -0.2) is 4.39 Å². The highest BCUT2D eigenvalue weighted by Crippen LogP contribution is 2.34. The molecule has 0 bridgehead atoms. The second-order valence-electron chi connectivity index (χ2n) is 8.53. The van der Waals surface area contributed by atoms with E-state index in [0.29, 0.717) is 19.7 Å². The molecule has 1 atom stereocenters. The van der Waals surface area contributed by atoms with Gasteiger partial charge in [0.05, 0.1) is 11.6 Å². The lowest BCUT2D eigenvalue weighted by atomic mass is 10.00. The van der Waals surface area contributed by atoms with E-state index in [2.05, 4.69) is 12.1 Å². The van der Waals surface area contributed by atoms with E-state index in [1.807, 2.05) is 31.4 Å². The minimum absolute atomic E-state index is 0.0226. The molecule has 34 heavy (non-hydrogen) atoms. The molecule has 0 N–H and O–H groups in total. The number of likely N-dealkylation sites (N-methyl/N-ethyl adjacent to an activating group) is 1. The third-order valence-electron chi connectivity index (χ3n) is 6.24. The summed E-state index contributed by atoms with van der Waals surface area (Å²) in [5.74, 6) is -0.438. The molecule has 1 aliphatic heterocycles. The first kappa shape index (κ1) is 24.0. The van der Waals surface area contributed by atoms with Crippen LogP contribution in [0, 0.1) is 19.7 Å². The second-order valence-corrected chi connectivity index (χ2v) is 9.53. The van der Waals surface area contributed by atoms with Gasteiger partial charge in [-0.05, 0) is 68.0 Å². The van der Waals surface area contributed by atoms with Crippen LogP contribution in [0.15, 0.2) is 53.9 Å². The van der Waals surface area contributed by atoms with Crippen molar-refractivity contribution in [2.24, 2.45) is 0 Å². The summed E-state index contributed by atoms with van der Waals surface area (Å²) in [6.45, 7) is 6.92. The van der Waals surface area contributed by atoms with Crippen LogP contribution in [0.25, 0.3) is 0 Å². The zero-order valence-electron chi connectivity index (χ0n) is 19.7. The number of hydrogen-bond acceptors (Lipinski definition) is 4. The SMILES string of the molecule is CCN(CC(=O)N1CCc2sccc2[C@@H]1COc1ccc(C)cc1C)C(=O)c1ccccc1F. The molecule has 0 fully saturated rings. The van der Waals surface area contributed by atoms with Crippen LogP contribution >= 0.6 is 11.3 Å². The van der Waals surface area contributed by atoms with Gasteiger partial charge < -0.3 is 14.5 Å². The Morgan fingerprint density at radius 1 is 1.18 bits per heavy atom. The molecule has 4 rings (SSSR count). The van der Waals surface area contributed by atoms with Crippen LogP contribution < -0.4 is 4.74 Å². The number of hydrogen-bond donors (Lipinski definition) is 0. The molecule has 0 unspecified atom stereocenters. The lowest BCUT2D eigenvalue weighted by Crippen LogP contribution is -2.47. The Morgan fingerprint density at radius 2 is 1.97 bits per heavy atom. The van der Waals surface area contributed by atoms with Crippen molar-refractivity contribution < 1.29 is 18.7 Å². The molecule has 0 saturated heterocycles. The second kappa shape index (κ2) is 10.4. The summed E-state index contributed by atoms with van der Waals surface area (Å²) < 4.78 is 20.4. The number of carbonyl (C=O) groups is 2. The van der Waals surface area contributed by atoms with Crippen LogP contribution in [-0.2, 0) is 11.2 Å². The fourth-order valence-electron chi connectivity index (χ4n) is 4.39. The van der Waals surface area contributed by atoms with Crippen LogP contribution in [-0.4, -0.2) is 47.9 Å². The van der Waals surface area contributed by atoms with E-state index >= 15 is 0 Å². The van der Waals surface area contributed by atoms with Crippen LogP contribution in [0.1, 0.15) is 44.9 Å². The first-order chi connectivity index (χ1) is 16.4. The number of thiophene rings is 1. The van der Waals surface area contributed by atoms with Gasteiger partial charge in [0.15, 0.2) is 0 Å². The molecule has 1 aromatic heterocycles. The molecule has 178 valence electrons. The third-order valence-corrected chi connectivity index (χ3v) is 7.24. The number of fused-ring (bicyclic) bond motifs is 1. The Morgan fingerprint density at radius 3 is 2.71 bits per heavy atom. The zero-order valence-corrected chi connectivity index (χ0v) is 20.5. The lowest BCUT2D eigenvalue weighted by Gasteiger charge is -2.37. The predicted octanol–water partition coefficient (Wildman–Crippen LogP) is 5.17. The van der Waals surface area contributed by atoms with Crippen LogP contribution in [0.4, 0.5) is 4.39 Å². The Balaban J connectivity index is 1.52. The minimum atomic E-state index is -0.584. The van der Waals surface area contributed by atoms with Gasteiger partial charge >= 0.3 is 0 Å². The van der Waals surface area contributed by atoms with E-state index in [-0.39, 0.29) is 24.1 Å². The topological polar surface area (TPSA) is 49.9 Å². The highest BCUT2D eigenvalue weighted by molar-refractivity contribution is 7.10. The number of halogens is 1. The van der Waals surface area contributed by atoms with Crippen molar-refractivity contribution in [1.82, 2.24) is 9.80 Å². The molecule has 0 spiro atoms. The van der Waals surface area contributed by atoms with Crippen molar-refractivity contribution in [2.45, 2.75) is 33.2 Å². The molecule has 2 aromatic carbocycles. The van der Waals surface area contributed by atoms with E-state index in [0.717, 1.165) is 23.3 Å². The molecular weight excluding hydrogens is 451 g/mol. The van der Waals surface area contributed by atoms with E-state index in [1.54, 1.807) is 35.3 Å². The molecule has 2 heterocycles. The summed E-state index contributed by atoms with van der Waals surface area (Å²) in [7, 11) is 0. The number of nitrogens with zero attached hydrogens (tertiary/aromatic N) is 2. The van der Waals surface area contributed by atoms with E-state index in [1.165, 1.54) is 27.5 Å². The molecule has 3 aromatic rings. The maximum Gasteiger partial charge on any atom is 0.257 e. The number of aryl methyl sites for hydroxylation is 2. The molecule has 0 aliphatic carbocycles.